The third kappa shape index (κ3) is 9.50. The van der Waals surface area contributed by atoms with Crippen molar-refractivity contribution in [2.24, 2.45) is 17.3 Å². The average molecular weight is 748 g/mol. The summed E-state index contributed by atoms with van der Waals surface area (Å²) in [5.41, 5.74) is -1.45. The largest absolute Gasteiger partial charge is 0.347 e. The number of hydrogen-bond acceptors (Lipinski definition) is 7. The molecule has 0 bridgehead atoms. The normalized spacial score (nSPS) is 27.9. The Bertz CT molecular complexity index is 1420. The maximum absolute atomic E-state index is 14.9. The van der Waals surface area contributed by atoms with E-state index in [4.69, 9.17) is 0 Å². The second-order valence-electron chi connectivity index (χ2n) is 17.4. The molecule has 4 N–H and O–H groups in total. The molecular formula is C39H65N5O7S. The van der Waals surface area contributed by atoms with Gasteiger partial charge in [-0.05, 0) is 81.5 Å². The summed E-state index contributed by atoms with van der Waals surface area (Å²) in [6.45, 7) is 8.50. The van der Waals surface area contributed by atoms with E-state index in [2.05, 4.69) is 35.1 Å². The van der Waals surface area contributed by atoms with Gasteiger partial charge in [-0.1, -0.05) is 85.5 Å². The molecule has 2 aliphatic heterocycles. The van der Waals surface area contributed by atoms with E-state index in [9.17, 15) is 32.4 Å². The minimum Gasteiger partial charge on any atom is -0.347 e. The number of carbonyl (C=O) groups is 5. The number of amides is 5. The Kier molecular flexibility index (Phi) is 13.4. The second kappa shape index (κ2) is 17.2. The van der Waals surface area contributed by atoms with Gasteiger partial charge in [0.05, 0.1) is 22.6 Å². The number of nitrogens with one attached hydrogen (secondary N) is 4. The maximum Gasteiger partial charge on any atom is 0.315 e. The van der Waals surface area contributed by atoms with Crippen LogP contribution in [0, 0.1) is 17.3 Å². The molecule has 5 amide bonds. The third-order valence-electron chi connectivity index (χ3n) is 13.0. The summed E-state index contributed by atoms with van der Waals surface area (Å²) in [4.78, 5) is 71.0. The van der Waals surface area contributed by atoms with Gasteiger partial charge in [-0.2, -0.15) is 0 Å². The fourth-order valence-electron chi connectivity index (χ4n) is 9.46. The van der Waals surface area contributed by atoms with Gasteiger partial charge in [0.25, 0.3) is 5.91 Å². The molecular weight excluding hydrogens is 683 g/mol. The predicted molar refractivity (Wildman–Crippen MR) is 200 cm³/mol. The van der Waals surface area contributed by atoms with Crippen molar-refractivity contribution in [2.75, 3.05) is 12.3 Å². The van der Waals surface area contributed by atoms with E-state index in [1.165, 1.54) is 0 Å². The van der Waals surface area contributed by atoms with Crippen LogP contribution in [-0.2, 0) is 29.0 Å². The minimum atomic E-state index is -3.39. The number of ketones is 1. The van der Waals surface area contributed by atoms with Crippen molar-refractivity contribution < 1.29 is 32.4 Å². The quantitative estimate of drug-likeness (QED) is 0.187. The molecule has 2 heterocycles. The maximum atomic E-state index is 14.9. The zero-order valence-electron chi connectivity index (χ0n) is 32.1. The van der Waals surface area contributed by atoms with Crippen LogP contribution in [0.3, 0.4) is 0 Å². The van der Waals surface area contributed by atoms with Crippen molar-refractivity contribution in [3.05, 3.63) is 0 Å². The van der Waals surface area contributed by atoms with Gasteiger partial charge in [0, 0.05) is 12.6 Å². The van der Waals surface area contributed by atoms with Crippen LogP contribution in [0.15, 0.2) is 0 Å². The van der Waals surface area contributed by atoms with Crippen LogP contribution in [-0.4, -0.2) is 90.1 Å². The first-order chi connectivity index (χ1) is 24.7. The number of nitrogens with zero attached hydrogens (tertiary/aromatic N) is 1. The molecule has 5 atom stereocenters. The highest BCUT2D eigenvalue weighted by Gasteiger charge is 2.51. The molecule has 5 aliphatic rings. The van der Waals surface area contributed by atoms with Crippen molar-refractivity contribution in [1.29, 1.82) is 0 Å². The molecule has 0 aromatic heterocycles. The van der Waals surface area contributed by atoms with E-state index in [-0.39, 0.29) is 29.5 Å². The first kappa shape index (κ1) is 40.5. The highest BCUT2D eigenvalue weighted by Crippen LogP contribution is 2.42. The molecule has 0 aromatic rings. The smallest absolute Gasteiger partial charge is 0.315 e. The van der Waals surface area contributed by atoms with Crippen molar-refractivity contribution in [3.8, 4) is 0 Å². The molecule has 2 saturated heterocycles. The van der Waals surface area contributed by atoms with Gasteiger partial charge in [-0.25, -0.2) is 13.2 Å². The number of hydrogen-bond donors (Lipinski definition) is 4. The van der Waals surface area contributed by atoms with E-state index >= 15 is 0 Å². The summed E-state index contributed by atoms with van der Waals surface area (Å²) in [6.07, 6.45) is 14.0. The van der Waals surface area contributed by atoms with E-state index in [1.54, 1.807) is 4.90 Å². The molecule has 3 saturated carbocycles. The number of unbranched alkanes of at least 4 members (excludes halogenated alkanes) is 1. The lowest BCUT2D eigenvalue weighted by molar-refractivity contribution is -0.144. The van der Waals surface area contributed by atoms with Crippen LogP contribution in [0.5, 0.6) is 0 Å². The Hall–Kier alpha value is -2.70. The van der Waals surface area contributed by atoms with E-state index in [0.717, 1.165) is 77.0 Å². The molecule has 13 heteroatoms. The number of rotatable bonds is 14. The van der Waals surface area contributed by atoms with Gasteiger partial charge in [0.1, 0.15) is 12.1 Å². The van der Waals surface area contributed by atoms with Gasteiger partial charge >= 0.3 is 6.03 Å². The number of carbonyl (C=O) groups excluding carboxylic acids is 5. The zero-order valence-corrected chi connectivity index (χ0v) is 32.9. The summed E-state index contributed by atoms with van der Waals surface area (Å²) in [6, 6.07) is -3.30. The van der Waals surface area contributed by atoms with Crippen molar-refractivity contribution in [2.45, 2.75) is 185 Å². The summed E-state index contributed by atoms with van der Waals surface area (Å²) < 4.78 is 26.8. The van der Waals surface area contributed by atoms with Gasteiger partial charge in [0.2, 0.25) is 17.6 Å². The summed E-state index contributed by atoms with van der Waals surface area (Å²) in [5.74, 6) is -1.78. The van der Waals surface area contributed by atoms with Gasteiger partial charge in [-0.3, -0.25) is 19.2 Å². The van der Waals surface area contributed by atoms with Crippen LogP contribution in [0.2, 0.25) is 0 Å². The van der Waals surface area contributed by atoms with E-state index in [1.807, 2.05) is 13.8 Å². The van der Waals surface area contributed by atoms with Crippen molar-refractivity contribution >= 4 is 39.4 Å². The molecule has 52 heavy (non-hydrogen) atoms. The molecule has 294 valence electrons. The van der Waals surface area contributed by atoms with E-state index in [0.29, 0.717) is 51.5 Å². The fourth-order valence-corrected chi connectivity index (χ4v) is 11.9. The molecule has 1 unspecified atom stereocenters. The number of Topliss-reactive ketones (excluding diaryl/α,β-unsaturated/α-hetero) is 1. The zero-order chi connectivity index (χ0) is 37.7. The summed E-state index contributed by atoms with van der Waals surface area (Å²) in [7, 11) is -3.39. The minimum absolute atomic E-state index is 0.0107. The Morgan fingerprint density at radius 2 is 1.50 bits per heavy atom. The fraction of sp³-hybridized carbons (Fsp3) is 0.872. The van der Waals surface area contributed by atoms with Crippen LogP contribution >= 0.6 is 0 Å². The monoisotopic (exact) mass is 747 g/mol. The lowest BCUT2D eigenvalue weighted by Gasteiger charge is -2.46. The van der Waals surface area contributed by atoms with Crippen LogP contribution in [0.25, 0.3) is 0 Å². The van der Waals surface area contributed by atoms with Crippen LogP contribution in [0.1, 0.15) is 150 Å². The molecule has 3 aliphatic carbocycles. The lowest BCUT2D eigenvalue weighted by atomic mass is 9.70. The topological polar surface area (TPSA) is 171 Å². The van der Waals surface area contributed by atoms with Crippen LogP contribution < -0.4 is 21.3 Å². The molecule has 12 nitrogen and oxygen atoms in total. The summed E-state index contributed by atoms with van der Waals surface area (Å²) >= 11 is 0. The van der Waals surface area contributed by atoms with Crippen molar-refractivity contribution in [3.63, 3.8) is 0 Å². The summed E-state index contributed by atoms with van der Waals surface area (Å²) in [5, 5.41) is 11.3. The van der Waals surface area contributed by atoms with Gasteiger partial charge in [0.15, 0.2) is 9.84 Å². The van der Waals surface area contributed by atoms with Gasteiger partial charge < -0.3 is 26.2 Å². The molecule has 0 aromatic carbocycles. The third-order valence-corrected chi connectivity index (χ3v) is 15.4. The van der Waals surface area contributed by atoms with Crippen molar-refractivity contribution in [1.82, 2.24) is 26.2 Å². The second-order valence-corrected chi connectivity index (χ2v) is 19.7. The first-order valence-electron chi connectivity index (χ1n) is 20.5. The Balaban J connectivity index is 1.39. The number of urea groups is 1. The first-order valence-corrected chi connectivity index (χ1v) is 22.2. The highest BCUT2D eigenvalue weighted by atomic mass is 32.2. The average Bonchev–Trinajstić information content (AvgIpc) is 3.81. The van der Waals surface area contributed by atoms with Gasteiger partial charge in [-0.15, -0.1) is 0 Å². The predicted octanol–water partition coefficient (Wildman–Crippen LogP) is 4.69. The molecule has 0 spiro atoms. The number of likely N-dealkylation sites (tertiary alicyclic amines) is 1. The Labute approximate surface area is 311 Å². The molecule has 0 radical (unpaired) electrons. The Morgan fingerprint density at radius 3 is 2.10 bits per heavy atom. The van der Waals surface area contributed by atoms with E-state index < -0.39 is 67.8 Å². The molecule has 5 fully saturated rings. The van der Waals surface area contributed by atoms with Crippen LogP contribution in [0.4, 0.5) is 4.79 Å². The standard InChI is InChI=1S/C39H65N5O7S/c1-5-6-15-29(32(45)35(47)40-28-17-18-28)41-34(46)30-24-27(26(2)3)25-44(30)36(48)33(38(4)19-10-7-11-20-38)42-37(49)43-39(21-12-8-13-22-39)31-16-9-14-23-52(31,50)51/h26-31,33H,5-25H2,1-4H3,(H,40,47)(H,41,46)(H2,42,43,49)/t27-,29+,30+,31?,33-/m1/s1. The molecule has 5 rings (SSSR count). The Morgan fingerprint density at radius 1 is 0.846 bits per heavy atom. The highest BCUT2D eigenvalue weighted by molar-refractivity contribution is 7.92. The number of sulfone groups is 1. The SMILES string of the molecule is CCCC[C@H](NC(=O)[C@@H]1C[C@@H](C(C)C)CN1C(=O)[C@@H](NC(=O)NC1(C2CCCCS2(=O)=O)CCCCC1)C1(C)CCCCC1)C(=O)C(=O)NC1CC1. The lowest BCUT2D eigenvalue weighted by Crippen LogP contribution is -2.66.